The maximum Gasteiger partial charge on any atom is 0.325 e. The second-order valence-electron chi connectivity index (χ2n) is 14.1. The first-order chi connectivity index (χ1) is 22.1. The summed E-state index contributed by atoms with van der Waals surface area (Å²) < 4.78 is 11.9. The van der Waals surface area contributed by atoms with Gasteiger partial charge in [-0.05, 0) is 76.0 Å². The minimum absolute atomic E-state index is 0.118. The SMILES string of the molecule is CC(C)C1NC(=O)[C@@](C)(COCCS(C)(C)C)/C=C/c2ccc3ccc(nc3c2)[C@@H](C)OC(=O)[C@@H]2CCCN(N2)C(=O)[C@H](C)NC1=O. The first-order valence-electron chi connectivity index (χ1n) is 16.3. The molecule has 2 aliphatic rings. The highest BCUT2D eigenvalue weighted by atomic mass is 32.3. The van der Waals surface area contributed by atoms with Crippen LogP contribution in [0, 0.1) is 11.3 Å². The molecule has 2 aliphatic heterocycles. The lowest BCUT2D eigenvalue weighted by molar-refractivity contribution is -0.157. The molecule has 3 N–H and O–H groups in total. The highest BCUT2D eigenvalue weighted by Crippen LogP contribution is 2.34. The van der Waals surface area contributed by atoms with Crippen molar-refractivity contribution in [3.05, 3.63) is 47.7 Å². The molecule has 1 unspecified atom stereocenters. The van der Waals surface area contributed by atoms with Gasteiger partial charge in [0, 0.05) is 17.7 Å². The summed E-state index contributed by atoms with van der Waals surface area (Å²) in [7, 11) is -0.785. The van der Waals surface area contributed by atoms with Crippen LogP contribution < -0.4 is 16.1 Å². The smallest absolute Gasteiger partial charge is 0.325 e. The molecule has 5 atom stereocenters. The fourth-order valence-corrected chi connectivity index (χ4v) is 6.03. The molecule has 1 aromatic heterocycles. The maximum absolute atomic E-state index is 14.0. The van der Waals surface area contributed by atoms with E-state index in [0.717, 1.165) is 16.7 Å². The Balaban J connectivity index is 1.72. The molecule has 5 bridgehead atoms. The predicted octanol–water partition coefficient (Wildman–Crippen LogP) is 3.72. The van der Waals surface area contributed by atoms with Crippen molar-refractivity contribution in [2.75, 3.05) is 44.3 Å². The number of ether oxygens (including phenoxy) is 2. The number of hydrazine groups is 1. The number of fused-ring (bicyclic) bond motifs is 4. The van der Waals surface area contributed by atoms with E-state index < -0.39 is 57.5 Å². The van der Waals surface area contributed by atoms with E-state index in [4.69, 9.17) is 14.5 Å². The van der Waals surface area contributed by atoms with Gasteiger partial charge in [0.1, 0.15) is 24.2 Å². The fourth-order valence-electron chi connectivity index (χ4n) is 5.41. The minimum Gasteiger partial charge on any atom is -0.455 e. The highest BCUT2D eigenvalue weighted by Gasteiger charge is 2.37. The summed E-state index contributed by atoms with van der Waals surface area (Å²) in [5.41, 5.74) is 4.02. The predicted molar refractivity (Wildman–Crippen MR) is 187 cm³/mol. The molecule has 0 saturated carbocycles. The number of hydrogen-bond acceptors (Lipinski definition) is 8. The molecule has 1 saturated heterocycles. The highest BCUT2D eigenvalue weighted by molar-refractivity contribution is 8.32. The Morgan fingerprint density at radius 2 is 1.81 bits per heavy atom. The van der Waals surface area contributed by atoms with Gasteiger partial charge in [-0.25, -0.2) is 20.4 Å². The lowest BCUT2D eigenvalue weighted by atomic mass is 9.88. The molecule has 12 heteroatoms. The van der Waals surface area contributed by atoms with Gasteiger partial charge in [0.25, 0.3) is 5.91 Å². The molecule has 0 radical (unpaired) electrons. The van der Waals surface area contributed by atoms with Gasteiger partial charge in [0.05, 0.1) is 29.8 Å². The van der Waals surface area contributed by atoms with Gasteiger partial charge in [-0.2, -0.15) is 0 Å². The van der Waals surface area contributed by atoms with E-state index in [9.17, 15) is 19.2 Å². The molecule has 2 aromatic rings. The second-order valence-corrected chi connectivity index (χ2v) is 18.7. The average molecular weight is 670 g/mol. The number of esters is 1. The molecule has 1 aromatic carbocycles. The summed E-state index contributed by atoms with van der Waals surface area (Å²) in [5, 5.41) is 8.02. The molecule has 1 fully saturated rings. The van der Waals surface area contributed by atoms with E-state index in [1.165, 1.54) is 5.01 Å². The summed E-state index contributed by atoms with van der Waals surface area (Å²) in [5.74, 6) is -1.07. The molecule has 47 heavy (non-hydrogen) atoms. The number of rotatable bonds is 6. The maximum atomic E-state index is 14.0. The lowest BCUT2D eigenvalue weighted by Crippen LogP contribution is -2.61. The monoisotopic (exact) mass is 669 g/mol. The Morgan fingerprint density at radius 3 is 2.51 bits per heavy atom. The van der Waals surface area contributed by atoms with Gasteiger partial charge >= 0.3 is 5.97 Å². The Labute approximate surface area is 279 Å². The second kappa shape index (κ2) is 15.2. The molecule has 4 rings (SSSR count). The van der Waals surface area contributed by atoms with E-state index in [0.29, 0.717) is 37.2 Å². The number of benzene rings is 1. The number of amides is 3. The van der Waals surface area contributed by atoms with Crippen molar-refractivity contribution in [1.29, 1.82) is 0 Å². The molecule has 258 valence electrons. The molecule has 3 heterocycles. The van der Waals surface area contributed by atoms with Crippen molar-refractivity contribution in [3.63, 3.8) is 0 Å². The van der Waals surface area contributed by atoms with E-state index in [1.54, 1.807) is 20.8 Å². The fraction of sp³-hybridized carbons (Fsp3) is 0.571. The van der Waals surface area contributed by atoms with Crippen LogP contribution in [-0.2, 0) is 28.7 Å². The summed E-state index contributed by atoms with van der Waals surface area (Å²) in [4.78, 5) is 58.9. The first-order valence-corrected chi connectivity index (χ1v) is 19.3. The zero-order valence-electron chi connectivity index (χ0n) is 28.9. The van der Waals surface area contributed by atoms with E-state index >= 15 is 0 Å². The number of cyclic esters (lactones) is 1. The van der Waals surface area contributed by atoms with Gasteiger partial charge in [0.15, 0.2) is 0 Å². The van der Waals surface area contributed by atoms with Crippen LogP contribution in [0.1, 0.15) is 64.8 Å². The molecule has 0 spiro atoms. The van der Waals surface area contributed by atoms with Crippen LogP contribution in [0.5, 0.6) is 0 Å². The molecular formula is C35H51N5O6S. The summed E-state index contributed by atoms with van der Waals surface area (Å²) >= 11 is 0. The minimum atomic E-state index is -1.11. The van der Waals surface area contributed by atoms with Crippen LogP contribution in [-0.4, -0.2) is 96.1 Å². The van der Waals surface area contributed by atoms with E-state index in [-0.39, 0.29) is 18.4 Å². The zero-order valence-corrected chi connectivity index (χ0v) is 29.7. The van der Waals surface area contributed by atoms with Crippen molar-refractivity contribution in [2.45, 2.75) is 71.7 Å². The van der Waals surface area contributed by atoms with Crippen LogP contribution in [0.3, 0.4) is 0 Å². The number of nitrogens with zero attached hydrogens (tertiary/aromatic N) is 2. The largest absolute Gasteiger partial charge is 0.455 e. The number of carbonyl (C=O) groups excluding carboxylic acids is 4. The third-order valence-corrected chi connectivity index (χ3v) is 9.94. The summed E-state index contributed by atoms with van der Waals surface area (Å²) in [6.45, 7) is 9.85. The zero-order chi connectivity index (χ0) is 34.5. The van der Waals surface area contributed by atoms with Crippen molar-refractivity contribution in [2.24, 2.45) is 11.3 Å². The molecular weight excluding hydrogens is 618 g/mol. The third-order valence-electron chi connectivity index (χ3n) is 8.55. The van der Waals surface area contributed by atoms with Gasteiger partial charge in [0.2, 0.25) is 11.8 Å². The van der Waals surface area contributed by atoms with Crippen LogP contribution in [0.2, 0.25) is 0 Å². The van der Waals surface area contributed by atoms with Crippen LogP contribution in [0.4, 0.5) is 0 Å². The lowest BCUT2D eigenvalue weighted by Gasteiger charge is -2.35. The Morgan fingerprint density at radius 1 is 1.09 bits per heavy atom. The van der Waals surface area contributed by atoms with Crippen molar-refractivity contribution in [3.8, 4) is 0 Å². The van der Waals surface area contributed by atoms with Crippen molar-refractivity contribution >= 4 is 50.7 Å². The Kier molecular flexibility index (Phi) is 11.7. The topological polar surface area (TPSA) is 139 Å². The van der Waals surface area contributed by atoms with Gasteiger partial charge in [-0.15, -0.1) is 0 Å². The Bertz CT molecular complexity index is 1510. The van der Waals surface area contributed by atoms with Crippen molar-refractivity contribution < 1.29 is 28.7 Å². The average Bonchev–Trinajstić information content (AvgIpc) is 3.02. The van der Waals surface area contributed by atoms with E-state index in [2.05, 4.69) is 34.8 Å². The number of carbonyl (C=O) groups is 4. The number of hydrogen-bond donors (Lipinski definition) is 3. The molecule has 0 aliphatic carbocycles. The normalized spacial score (nSPS) is 27.7. The summed E-state index contributed by atoms with van der Waals surface area (Å²) in [6.07, 6.45) is 10.8. The van der Waals surface area contributed by atoms with Crippen LogP contribution >= 0.6 is 10.0 Å². The van der Waals surface area contributed by atoms with Gasteiger partial charge in [-0.3, -0.25) is 24.2 Å². The summed E-state index contributed by atoms with van der Waals surface area (Å²) in [6, 6.07) is 7.06. The van der Waals surface area contributed by atoms with Gasteiger partial charge in [-0.1, -0.05) is 44.2 Å². The number of aromatic nitrogens is 1. The van der Waals surface area contributed by atoms with E-state index in [1.807, 2.05) is 56.3 Å². The van der Waals surface area contributed by atoms with Gasteiger partial charge < -0.3 is 20.1 Å². The van der Waals surface area contributed by atoms with Crippen LogP contribution in [0.25, 0.3) is 17.0 Å². The quantitative estimate of drug-likeness (QED) is 0.313. The van der Waals surface area contributed by atoms with Crippen LogP contribution in [0.15, 0.2) is 36.4 Å². The first kappa shape index (κ1) is 36.4. The van der Waals surface area contributed by atoms with Crippen molar-refractivity contribution in [1.82, 2.24) is 26.1 Å². The molecule has 11 nitrogen and oxygen atoms in total. The standard InChI is InChI=1S/C35H51N5O6S/c1-22(2)30-31(41)36-23(3)32(42)40-17-9-10-28(39-40)33(43)46-24(4)27-14-13-26-12-11-25(20-29(26)37-27)15-16-35(5,34(44)38-30)21-45-18-19-47(6,7)8/h11-16,20,22-24,28,30,39H,9-10,17-19,21H2,1-8H3,(H,36,41)(H,38,44)/b16-15+/t23-,24+,28-,30?,35+/m0/s1. The molecule has 3 amide bonds. The number of pyridine rings is 1. The Hall–Kier alpha value is -3.48. The number of nitrogens with one attached hydrogen (secondary N) is 3. The third kappa shape index (κ3) is 9.55.